The molecule has 0 rings (SSSR count). The maximum absolute atomic E-state index is 8.55. The second kappa shape index (κ2) is 10.3. The molecule has 0 aromatic carbocycles. The van der Waals surface area contributed by atoms with Crippen LogP contribution in [0.2, 0.25) is 0 Å². The van der Waals surface area contributed by atoms with Crippen molar-refractivity contribution in [3.05, 3.63) is 0 Å². The van der Waals surface area contributed by atoms with Crippen LogP contribution >= 0.6 is 0 Å². The largest absolute Gasteiger partial charge is 0.396 e. The summed E-state index contributed by atoms with van der Waals surface area (Å²) in [4.78, 5) is 0. The van der Waals surface area contributed by atoms with Crippen molar-refractivity contribution >= 4 is 0 Å². The van der Waals surface area contributed by atoms with Gasteiger partial charge in [-0.1, -0.05) is 13.3 Å². The van der Waals surface area contributed by atoms with Gasteiger partial charge in [0.25, 0.3) is 0 Å². The van der Waals surface area contributed by atoms with Crippen molar-refractivity contribution < 1.29 is 25.5 Å². The predicted octanol–water partition coefficient (Wildman–Crippen LogP) is -0.891. The van der Waals surface area contributed by atoms with Gasteiger partial charge in [0.15, 0.2) is 0 Å². The van der Waals surface area contributed by atoms with Gasteiger partial charge in [-0.05, 0) is 13.3 Å². The van der Waals surface area contributed by atoms with E-state index in [1.807, 2.05) is 6.92 Å². The molecule has 15 heavy (non-hydrogen) atoms. The predicted molar refractivity (Wildman–Crippen MR) is 57.4 cm³/mol. The van der Waals surface area contributed by atoms with E-state index in [1.165, 1.54) is 0 Å². The molecular weight excluding hydrogens is 200 g/mol. The molecule has 0 aliphatic heterocycles. The van der Waals surface area contributed by atoms with Crippen LogP contribution in [0.4, 0.5) is 0 Å². The third-order valence-corrected chi connectivity index (χ3v) is 2.05. The molecule has 5 nitrogen and oxygen atoms in total. The minimum Gasteiger partial charge on any atom is -0.396 e. The molecule has 0 aliphatic carbocycles. The molecule has 1 atom stereocenters. The highest BCUT2D eigenvalue weighted by Gasteiger charge is 2.26. The van der Waals surface area contributed by atoms with Crippen molar-refractivity contribution in [1.82, 2.24) is 0 Å². The fourth-order valence-electron chi connectivity index (χ4n) is 0.718. The summed E-state index contributed by atoms with van der Waals surface area (Å²) in [5.74, 6) is 0. The van der Waals surface area contributed by atoms with Crippen LogP contribution in [-0.4, -0.2) is 58.1 Å². The minimum absolute atomic E-state index is 0.102. The molecule has 94 valence electrons. The summed E-state index contributed by atoms with van der Waals surface area (Å²) >= 11 is 0. The number of hydrogen-bond donors (Lipinski definition) is 5. The molecule has 0 heterocycles. The van der Waals surface area contributed by atoms with Crippen molar-refractivity contribution in [1.29, 1.82) is 0 Å². The Morgan fingerprint density at radius 2 is 1.27 bits per heavy atom. The quantitative estimate of drug-likeness (QED) is 0.403. The Morgan fingerprint density at radius 3 is 1.27 bits per heavy atom. The molecule has 0 aliphatic rings. The molecule has 0 aromatic heterocycles. The van der Waals surface area contributed by atoms with Gasteiger partial charge in [0.2, 0.25) is 0 Å². The van der Waals surface area contributed by atoms with Crippen LogP contribution in [0.5, 0.6) is 0 Å². The smallest absolute Gasteiger partial charge is 0.0627 e. The van der Waals surface area contributed by atoms with Gasteiger partial charge < -0.3 is 25.5 Å². The van der Waals surface area contributed by atoms with Gasteiger partial charge in [0.1, 0.15) is 0 Å². The highest BCUT2D eigenvalue weighted by atomic mass is 16.3. The first-order chi connectivity index (χ1) is 7.01. The summed E-state index contributed by atoms with van der Waals surface area (Å²) in [6, 6.07) is 0. The van der Waals surface area contributed by atoms with E-state index < -0.39 is 31.8 Å². The van der Waals surface area contributed by atoms with Gasteiger partial charge in [-0.2, -0.15) is 0 Å². The first kappa shape index (κ1) is 17.2. The molecule has 1 unspecified atom stereocenters. The maximum Gasteiger partial charge on any atom is 0.0627 e. The average molecular weight is 224 g/mol. The Balaban J connectivity index is 0. The normalized spacial score (nSPS) is 13.0. The van der Waals surface area contributed by atoms with Crippen molar-refractivity contribution in [2.24, 2.45) is 5.41 Å². The summed E-state index contributed by atoms with van der Waals surface area (Å²) in [6.45, 7) is 2.25. The second-order valence-corrected chi connectivity index (χ2v) is 3.77. The second-order valence-electron chi connectivity index (χ2n) is 3.77. The Bertz CT molecular complexity index is 105. The lowest BCUT2D eigenvalue weighted by atomic mass is 9.93. The Hall–Kier alpha value is -0.200. The monoisotopic (exact) mass is 224 g/mol. The van der Waals surface area contributed by atoms with Crippen molar-refractivity contribution in [2.45, 2.75) is 32.8 Å². The van der Waals surface area contributed by atoms with Gasteiger partial charge in [0.05, 0.1) is 37.9 Å². The van der Waals surface area contributed by atoms with E-state index in [4.69, 9.17) is 25.5 Å². The zero-order valence-corrected chi connectivity index (χ0v) is 9.56. The first-order valence-corrected chi connectivity index (χ1v) is 5.13. The molecule has 5 heteroatoms. The van der Waals surface area contributed by atoms with Crippen LogP contribution in [0.1, 0.15) is 26.7 Å². The summed E-state index contributed by atoms with van der Waals surface area (Å²) in [5, 5.41) is 42.5. The van der Waals surface area contributed by atoms with Gasteiger partial charge in [0, 0.05) is 0 Å². The fourth-order valence-corrected chi connectivity index (χ4v) is 0.718. The zero-order chi connectivity index (χ0) is 12.3. The van der Waals surface area contributed by atoms with Crippen molar-refractivity contribution in [3.63, 3.8) is 0 Å². The summed E-state index contributed by atoms with van der Waals surface area (Å²) in [7, 11) is 0. The van der Waals surface area contributed by atoms with Gasteiger partial charge in [-0.3, -0.25) is 0 Å². The van der Waals surface area contributed by atoms with Crippen LogP contribution in [0.25, 0.3) is 0 Å². The SMILES string of the molecule is CCCC(C)O.OCC(CO)(CO)CO. The fraction of sp³-hybridized carbons (Fsp3) is 1.00. The molecule has 0 saturated heterocycles. The Kier molecular flexibility index (Phi) is 11.8. The molecular formula is C10H24O5. The minimum atomic E-state index is -1.11. The highest BCUT2D eigenvalue weighted by molar-refractivity contribution is 4.74. The van der Waals surface area contributed by atoms with Crippen LogP contribution in [0.3, 0.4) is 0 Å². The van der Waals surface area contributed by atoms with Crippen LogP contribution in [0.15, 0.2) is 0 Å². The maximum atomic E-state index is 8.55. The molecule has 0 aromatic rings. The van der Waals surface area contributed by atoms with E-state index in [0.29, 0.717) is 0 Å². The average Bonchev–Trinajstić information content (AvgIpc) is 2.23. The summed E-state index contributed by atoms with van der Waals surface area (Å²) in [6.07, 6.45) is 1.91. The highest BCUT2D eigenvalue weighted by Crippen LogP contribution is 2.11. The lowest BCUT2D eigenvalue weighted by molar-refractivity contribution is -0.0328. The van der Waals surface area contributed by atoms with Gasteiger partial charge >= 0.3 is 0 Å². The van der Waals surface area contributed by atoms with E-state index in [-0.39, 0.29) is 6.10 Å². The molecule has 0 bridgehead atoms. The molecule has 0 spiro atoms. The lowest BCUT2D eigenvalue weighted by Crippen LogP contribution is -2.37. The van der Waals surface area contributed by atoms with Gasteiger partial charge in [-0.15, -0.1) is 0 Å². The van der Waals surface area contributed by atoms with E-state index in [2.05, 4.69) is 6.92 Å². The van der Waals surface area contributed by atoms with Crippen LogP contribution < -0.4 is 0 Å². The molecule has 0 fully saturated rings. The molecule has 0 radical (unpaired) electrons. The van der Waals surface area contributed by atoms with Crippen molar-refractivity contribution in [2.75, 3.05) is 26.4 Å². The van der Waals surface area contributed by atoms with E-state index >= 15 is 0 Å². The third-order valence-electron chi connectivity index (χ3n) is 2.05. The summed E-state index contributed by atoms with van der Waals surface area (Å²) < 4.78 is 0. The number of aliphatic hydroxyl groups is 5. The first-order valence-electron chi connectivity index (χ1n) is 5.13. The van der Waals surface area contributed by atoms with E-state index in [1.54, 1.807) is 0 Å². The molecule has 0 saturated carbocycles. The van der Waals surface area contributed by atoms with E-state index in [0.717, 1.165) is 12.8 Å². The van der Waals surface area contributed by atoms with E-state index in [9.17, 15) is 0 Å². The standard InChI is InChI=1S/C5H12O4.C5H12O/c6-1-5(2-7,3-8)4-9;1-3-4-5(2)6/h6-9H,1-4H2;5-6H,3-4H2,1-2H3. The zero-order valence-electron chi connectivity index (χ0n) is 9.56. The van der Waals surface area contributed by atoms with Crippen LogP contribution in [-0.2, 0) is 0 Å². The Morgan fingerprint density at radius 1 is 0.933 bits per heavy atom. The van der Waals surface area contributed by atoms with Gasteiger partial charge in [-0.25, -0.2) is 0 Å². The molecule has 5 N–H and O–H groups in total. The lowest BCUT2D eigenvalue weighted by Gasteiger charge is -2.23. The van der Waals surface area contributed by atoms with Crippen LogP contribution in [0, 0.1) is 5.41 Å². The molecule has 0 amide bonds. The van der Waals surface area contributed by atoms with Crippen molar-refractivity contribution in [3.8, 4) is 0 Å². The topological polar surface area (TPSA) is 101 Å². The number of rotatable bonds is 6. The number of hydrogen-bond acceptors (Lipinski definition) is 5. The summed E-state index contributed by atoms with van der Waals surface area (Å²) in [5.41, 5.74) is -1.11. The Labute approximate surface area is 91.0 Å². The number of aliphatic hydroxyl groups excluding tert-OH is 5. The third kappa shape index (κ3) is 8.77.